The Balaban J connectivity index is 4.48. The van der Waals surface area contributed by atoms with Crippen LogP contribution in [-0.2, 0) is 19.1 Å². The van der Waals surface area contributed by atoms with E-state index in [2.05, 4.69) is 4.74 Å². The summed E-state index contributed by atoms with van der Waals surface area (Å²) in [5, 5.41) is 26.0. The van der Waals surface area contributed by atoms with Gasteiger partial charge in [0.05, 0.1) is 6.61 Å². The van der Waals surface area contributed by atoms with Crippen LogP contribution in [0.5, 0.6) is 0 Å². The molecule has 0 aliphatic heterocycles. The van der Waals surface area contributed by atoms with Gasteiger partial charge in [-0.1, -0.05) is 6.92 Å². The molecule has 17 heavy (non-hydrogen) atoms. The Kier molecular flexibility index (Phi) is 7.31. The Morgan fingerprint density at radius 2 is 1.82 bits per heavy atom. The fourth-order valence-corrected chi connectivity index (χ4v) is 1.52. The molecule has 98 valence electrons. The molecule has 2 unspecified atom stereocenters. The smallest absolute Gasteiger partial charge is 0.345 e. The lowest BCUT2D eigenvalue weighted by Crippen LogP contribution is -2.36. The molecule has 0 aromatic carbocycles. The lowest BCUT2D eigenvalue weighted by molar-refractivity contribution is -0.171. The highest BCUT2D eigenvalue weighted by molar-refractivity contribution is 7.99. The van der Waals surface area contributed by atoms with E-state index >= 15 is 0 Å². The summed E-state index contributed by atoms with van der Waals surface area (Å²) in [4.78, 5) is 32.5. The van der Waals surface area contributed by atoms with E-state index in [1.165, 1.54) is 11.8 Å². The zero-order valence-electron chi connectivity index (χ0n) is 9.16. The molecule has 8 heteroatoms. The van der Waals surface area contributed by atoms with Gasteiger partial charge in [-0.05, 0) is 5.75 Å². The van der Waals surface area contributed by atoms with Gasteiger partial charge < -0.3 is 20.1 Å². The van der Waals surface area contributed by atoms with Crippen LogP contribution >= 0.6 is 11.8 Å². The van der Waals surface area contributed by atoms with Crippen LogP contribution in [0.2, 0.25) is 0 Å². The first kappa shape index (κ1) is 15.7. The third kappa shape index (κ3) is 5.55. The molecule has 0 aliphatic carbocycles. The summed E-state index contributed by atoms with van der Waals surface area (Å²) in [7, 11) is 0. The Bertz CT molecular complexity index is 291. The van der Waals surface area contributed by atoms with Crippen LogP contribution in [0, 0.1) is 5.92 Å². The maximum Gasteiger partial charge on any atom is 0.345 e. The first-order valence-corrected chi connectivity index (χ1v) is 5.94. The van der Waals surface area contributed by atoms with Crippen LogP contribution < -0.4 is 0 Å². The van der Waals surface area contributed by atoms with Crippen LogP contribution in [0.3, 0.4) is 0 Å². The van der Waals surface area contributed by atoms with E-state index in [0.717, 1.165) is 0 Å². The molecule has 2 atom stereocenters. The first-order valence-electron chi connectivity index (χ1n) is 4.78. The maximum atomic E-state index is 11.3. The number of rotatable bonds is 8. The average Bonchev–Trinajstić information content (AvgIpc) is 2.24. The summed E-state index contributed by atoms with van der Waals surface area (Å²) < 4.78 is 4.53. The van der Waals surface area contributed by atoms with Gasteiger partial charge in [-0.15, -0.1) is 0 Å². The van der Waals surface area contributed by atoms with E-state index in [9.17, 15) is 14.4 Å². The first-order chi connectivity index (χ1) is 7.93. The largest absolute Gasteiger partial charge is 0.481 e. The molecule has 0 spiro atoms. The number of aliphatic carboxylic acids is 2. The number of thioether (sulfide) groups is 1. The van der Waals surface area contributed by atoms with Crippen LogP contribution in [0.4, 0.5) is 0 Å². The predicted molar refractivity (Wildman–Crippen MR) is 58.7 cm³/mol. The van der Waals surface area contributed by atoms with Crippen molar-refractivity contribution >= 4 is 29.7 Å². The Labute approximate surface area is 102 Å². The number of aliphatic hydroxyl groups is 1. The summed E-state index contributed by atoms with van der Waals surface area (Å²) >= 11 is 1.25. The van der Waals surface area contributed by atoms with Gasteiger partial charge in [0.1, 0.15) is 0 Å². The van der Waals surface area contributed by atoms with Crippen molar-refractivity contribution in [1.29, 1.82) is 0 Å². The standard InChI is InChI=1S/C9H14O7S/c1-2-17-4-6(8(13)14)16-9(15)5(3-10)7(11)12/h5-6,10H,2-4H2,1H3,(H,11,12)(H,13,14). The zero-order valence-corrected chi connectivity index (χ0v) is 9.98. The van der Waals surface area contributed by atoms with Crippen LogP contribution in [-0.4, -0.2) is 57.4 Å². The number of carbonyl (C=O) groups is 3. The summed E-state index contributed by atoms with van der Waals surface area (Å²) in [6.45, 7) is 0.876. The molecule has 0 amide bonds. The van der Waals surface area contributed by atoms with Gasteiger partial charge in [0.15, 0.2) is 5.92 Å². The van der Waals surface area contributed by atoms with Crippen molar-refractivity contribution in [1.82, 2.24) is 0 Å². The number of hydrogen-bond donors (Lipinski definition) is 3. The summed E-state index contributed by atoms with van der Waals surface area (Å²) in [5.41, 5.74) is 0. The second kappa shape index (κ2) is 7.91. The number of carbonyl (C=O) groups excluding carboxylic acids is 1. The molecule has 0 rings (SSSR count). The van der Waals surface area contributed by atoms with Gasteiger partial charge >= 0.3 is 17.9 Å². The van der Waals surface area contributed by atoms with Crippen molar-refractivity contribution in [3.05, 3.63) is 0 Å². The molecular weight excluding hydrogens is 252 g/mol. The molecule has 0 fully saturated rings. The van der Waals surface area contributed by atoms with Crippen molar-refractivity contribution in [3.8, 4) is 0 Å². The topological polar surface area (TPSA) is 121 Å². The van der Waals surface area contributed by atoms with E-state index in [1.807, 2.05) is 0 Å². The summed E-state index contributed by atoms with van der Waals surface area (Å²) in [6.07, 6.45) is -1.40. The molecule has 0 aromatic heterocycles. The van der Waals surface area contributed by atoms with Gasteiger partial charge in [0, 0.05) is 5.75 Å². The van der Waals surface area contributed by atoms with Gasteiger partial charge in [-0.2, -0.15) is 11.8 Å². The monoisotopic (exact) mass is 266 g/mol. The fourth-order valence-electron chi connectivity index (χ4n) is 0.856. The maximum absolute atomic E-state index is 11.3. The zero-order chi connectivity index (χ0) is 13.4. The third-order valence-corrected chi connectivity index (χ3v) is 2.72. The van der Waals surface area contributed by atoms with Gasteiger partial charge in [-0.3, -0.25) is 9.59 Å². The summed E-state index contributed by atoms with van der Waals surface area (Å²) in [5.74, 6) is -5.21. The number of aliphatic hydroxyl groups excluding tert-OH is 1. The van der Waals surface area contributed by atoms with Crippen LogP contribution in [0.25, 0.3) is 0 Å². The molecule has 0 bridgehead atoms. The van der Waals surface area contributed by atoms with E-state index in [4.69, 9.17) is 15.3 Å². The predicted octanol–water partition coefficient (Wildman–Crippen LogP) is -0.571. The number of hydrogen-bond acceptors (Lipinski definition) is 6. The van der Waals surface area contributed by atoms with Gasteiger partial charge in [0.25, 0.3) is 0 Å². The molecule has 0 saturated heterocycles. The van der Waals surface area contributed by atoms with Gasteiger partial charge in [0.2, 0.25) is 6.10 Å². The number of ether oxygens (including phenoxy) is 1. The highest BCUT2D eigenvalue weighted by atomic mass is 32.2. The highest BCUT2D eigenvalue weighted by Gasteiger charge is 2.31. The lowest BCUT2D eigenvalue weighted by Gasteiger charge is -2.15. The molecule has 0 saturated carbocycles. The normalized spacial score (nSPS) is 13.8. The second-order valence-corrected chi connectivity index (χ2v) is 4.32. The van der Waals surface area contributed by atoms with E-state index in [0.29, 0.717) is 5.75 Å². The van der Waals surface area contributed by atoms with E-state index in [-0.39, 0.29) is 5.75 Å². The minimum Gasteiger partial charge on any atom is -0.481 e. The van der Waals surface area contributed by atoms with Crippen molar-refractivity contribution in [2.45, 2.75) is 13.0 Å². The minimum absolute atomic E-state index is 0.0370. The molecule has 3 N–H and O–H groups in total. The lowest BCUT2D eigenvalue weighted by atomic mass is 10.2. The number of carboxylic acids is 2. The highest BCUT2D eigenvalue weighted by Crippen LogP contribution is 2.09. The average molecular weight is 266 g/mol. The second-order valence-electron chi connectivity index (χ2n) is 3.00. The van der Waals surface area contributed by atoms with Crippen molar-refractivity contribution in [3.63, 3.8) is 0 Å². The van der Waals surface area contributed by atoms with Crippen molar-refractivity contribution < 1.29 is 34.4 Å². The Morgan fingerprint density at radius 3 is 2.18 bits per heavy atom. The number of esters is 1. The Morgan fingerprint density at radius 1 is 1.24 bits per heavy atom. The third-order valence-electron chi connectivity index (χ3n) is 1.77. The van der Waals surface area contributed by atoms with E-state index < -0.39 is 36.5 Å². The fraction of sp³-hybridized carbons (Fsp3) is 0.667. The molecule has 7 nitrogen and oxygen atoms in total. The Hall–Kier alpha value is -1.28. The van der Waals surface area contributed by atoms with E-state index in [1.54, 1.807) is 6.92 Å². The molecule has 0 radical (unpaired) electrons. The SMILES string of the molecule is CCSCC(OC(=O)C(CO)C(=O)O)C(=O)O. The quantitative estimate of drug-likeness (QED) is 0.394. The van der Waals surface area contributed by atoms with Crippen molar-refractivity contribution in [2.24, 2.45) is 5.92 Å². The molecular formula is C9H14O7S. The minimum atomic E-state index is -1.75. The molecule has 0 aliphatic rings. The molecule has 0 heterocycles. The van der Waals surface area contributed by atoms with Gasteiger partial charge in [-0.25, -0.2) is 4.79 Å². The van der Waals surface area contributed by atoms with Crippen LogP contribution in [0.15, 0.2) is 0 Å². The van der Waals surface area contributed by atoms with Crippen molar-refractivity contribution in [2.75, 3.05) is 18.1 Å². The summed E-state index contributed by atoms with van der Waals surface area (Å²) in [6, 6.07) is 0. The molecule has 0 aromatic rings. The van der Waals surface area contributed by atoms with Crippen LogP contribution in [0.1, 0.15) is 6.92 Å². The number of carboxylic acid groups (broad SMARTS) is 2.